The summed E-state index contributed by atoms with van der Waals surface area (Å²) >= 11 is 0. The van der Waals surface area contributed by atoms with Crippen LogP contribution in [0, 0.1) is 0 Å². The molecule has 0 aromatic heterocycles. The van der Waals surface area contributed by atoms with Crippen molar-refractivity contribution in [3.05, 3.63) is 17.2 Å². The van der Waals surface area contributed by atoms with Crippen LogP contribution in [0.4, 0.5) is 0 Å². The van der Waals surface area contributed by atoms with Gasteiger partial charge in [-0.15, -0.1) is 0 Å². The molecule has 0 spiro atoms. The number of fused-ring (bicyclic) bond motifs is 4. The molecular formula is C22H23NO11. The molecule has 1 aromatic rings. The molecule has 0 bridgehead atoms. The van der Waals surface area contributed by atoms with Gasteiger partial charge in [0.05, 0.1) is 11.6 Å². The van der Waals surface area contributed by atoms with E-state index in [2.05, 4.69) is 5.32 Å². The zero-order valence-electron chi connectivity index (χ0n) is 18.9. The van der Waals surface area contributed by atoms with E-state index < -0.39 is 60.1 Å². The van der Waals surface area contributed by atoms with Gasteiger partial charge in [-0.3, -0.25) is 24.0 Å². The molecule has 182 valence electrons. The number of ether oxygens (including phenoxy) is 6. The number of esters is 4. The van der Waals surface area contributed by atoms with Crippen molar-refractivity contribution in [2.45, 2.75) is 64.4 Å². The maximum absolute atomic E-state index is 13.2. The van der Waals surface area contributed by atoms with Crippen molar-refractivity contribution >= 4 is 29.8 Å². The van der Waals surface area contributed by atoms with Crippen LogP contribution in [0.15, 0.2) is 6.07 Å². The average Bonchev–Trinajstić information content (AvgIpc) is 3.18. The normalized spacial score (nSPS) is 26.4. The van der Waals surface area contributed by atoms with Gasteiger partial charge in [-0.1, -0.05) is 0 Å². The summed E-state index contributed by atoms with van der Waals surface area (Å²) in [4.78, 5) is 60.5. The van der Waals surface area contributed by atoms with Crippen molar-refractivity contribution in [2.75, 3.05) is 6.79 Å². The zero-order valence-corrected chi connectivity index (χ0v) is 18.9. The van der Waals surface area contributed by atoms with E-state index in [1.807, 2.05) is 0 Å². The molecule has 0 radical (unpaired) electrons. The lowest BCUT2D eigenvalue weighted by atomic mass is 9.71. The fourth-order valence-corrected chi connectivity index (χ4v) is 4.70. The van der Waals surface area contributed by atoms with E-state index >= 15 is 0 Å². The van der Waals surface area contributed by atoms with Crippen LogP contribution in [-0.4, -0.2) is 60.9 Å². The van der Waals surface area contributed by atoms with E-state index in [9.17, 15) is 24.0 Å². The molecule has 1 saturated carbocycles. The minimum Gasteiger partial charge on any atom is -0.458 e. The van der Waals surface area contributed by atoms with Crippen molar-refractivity contribution in [1.82, 2.24) is 5.32 Å². The number of benzene rings is 1. The summed E-state index contributed by atoms with van der Waals surface area (Å²) < 4.78 is 32.5. The fourth-order valence-electron chi connectivity index (χ4n) is 4.70. The Hall–Kier alpha value is -3.83. The molecule has 0 unspecified atom stereocenters. The lowest BCUT2D eigenvalue weighted by Gasteiger charge is -2.47. The Kier molecular flexibility index (Phi) is 6.07. The van der Waals surface area contributed by atoms with Crippen LogP contribution in [0.1, 0.15) is 56.0 Å². The Bertz CT molecular complexity index is 1080. The maximum Gasteiger partial charge on any atom is 0.308 e. The van der Waals surface area contributed by atoms with Crippen molar-refractivity contribution in [3.8, 4) is 17.2 Å². The van der Waals surface area contributed by atoms with E-state index in [1.165, 1.54) is 27.7 Å². The minimum atomic E-state index is -1.16. The predicted octanol–water partition coefficient (Wildman–Crippen LogP) is 0.735. The van der Waals surface area contributed by atoms with Gasteiger partial charge in [-0.2, -0.15) is 0 Å². The average molecular weight is 477 g/mol. The first kappa shape index (κ1) is 23.3. The van der Waals surface area contributed by atoms with Gasteiger partial charge in [0.25, 0.3) is 5.91 Å². The number of amides is 1. The van der Waals surface area contributed by atoms with Crippen LogP contribution >= 0.6 is 0 Å². The first-order valence-corrected chi connectivity index (χ1v) is 10.5. The number of carbonyl (C=O) groups excluding carboxylic acids is 5. The molecule has 1 fully saturated rings. The summed E-state index contributed by atoms with van der Waals surface area (Å²) in [6, 6.07) is 0.744. The number of carbonyl (C=O) groups is 5. The van der Waals surface area contributed by atoms with Gasteiger partial charge in [0.15, 0.2) is 23.7 Å². The molecule has 5 atom stereocenters. The topological polar surface area (TPSA) is 153 Å². The molecule has 1 aromatic carbocycles. The van der Waals surface area contributed by atoms with E-state index in [4.69, 9.17) is 28.4 Å². The Morgan fingerprint density at radius 3 is 2.18 bits per heavy atom. The summed E-state index contributed by atoms with van der Waals surface area (Å²) in [5.41, 5.74) is 0.472. The van der Waals surface area contributed by atoms with Crippen molar-refractivity contribution in [1.29, 1.82) is 0 Å². The molecule has 3 aliphatic rings. The van der Waals surface area contributed by atoms with Gasteiger partial charge in [-0.25, -0.2) is 0 Å². The molecule has 1 aliphatic carbocycles. The second kappa shape index (κ2) is 8.84. The maximum atomic E-state index is 13.2. The van der Waals surface area contributed by atoms with E-state index in [0.717, 1.165) is 0 Å². The van der Waals surface area contributed by atoms with E-state index in [0.29, 0.717) is 5.56 Å². The summed E-state index contributed by atoms with van der Waals surface area (Å²) in [7, 11) is 0. The summed E-state index contributed by atoms with van der Waals surface area (Å²) in [6.45, 7) is 4.59. The lowest BCUT2D eigenvalue weighted by Crippen LogP contribution is -2.63. The highest BCUT2D eigenvalue weighted by molar-refractivity contribution is 6.02. The van der Waals surface area contributed by atoms with Gasteiger partial charge in [0.2, 0.25) is 12.5 Å². The minimum absolute atomic E-state index is 0.0507. The third-order valence-corrected chi connectivity index (χ3v) is 5.71. The highest BCUT2D eigenvalue weighted by atomic mass is 16.7. The molecule has 2 heterocycles. The molecule has 1 N–H and O–H groups in total. The largest absolute Gasteiger partial charge is 0.458 e. The van der Waals surface area contributed by atoms with Gasteiger partial charge in [0, 0.05) is 33.6 Å². The van der Waals surface area contributed by atoms with Gasteiger partial charge < -0.3 is 33.7 Å². The standard InChI is InChI=1S/C22H23NO11/c1-8(24)31-15-6-13-12-5-14-18(30-7-29-14)20(33-10(3)26)16(12)22(28)23-17(13)21(34-11(4)27)19(15)32-9(2)25/h5,13,15,17,19,21H,6-7H2,1-4H3,(H,23,28)/t13-,15+,17-,19-,21+/m1/s1. The lowest BCUT2D eigenvalue weighted by molar-refractivity contribution is -0.194. The van der Waals surface area contributed by atoms with Crippen LogP contribution in [-0.2, 0) is 33.4 Å². The predicted molar refractivity (Wildman–Crippen MR) is 109 cm³/mol. The van der Waals surface area contributed by atoms with Crippen molar-refractivity contribution in [2.24, 2.45) is 0 Å². The zero-order chi connectivity index (χ0) is 24.7. The Labute approximate surface area is 193 Å². The van der Waals surface area contributed by atoms with Crippen LogP contribution in [0.3, 0.4) is 0 Å². The molecule has 34 heavy (non-hydrogen) atoms. The molecule has 4 rings (SSSR count). The number of hydrogen-bond acceptors (Lipinski definition) is 11. The number of nitrogens with one attached hydrogen (secondary N) is 1. The van der Waals surface area contributed by atoms with Gasteiger partial charge in [-0.05, 0) is 18.1 Å². The summed E-state index contributed by atoms with van der Waals surface area (Å²) in [5, 5.41) is 2.78. The van der Waals surface area contributed by atoms with Crippen LogP contribution in [0.5, 0.6) is 17.2 Å². The SMILES string of the molecule is CC(=O)Oc1c2c(cc3c1C(=O)N[C@H]1[C@H](OC(C)=O)[C@H](OC(C)=O)[C@@H](OC(C)=O)C[C@H]31)OCO2. The van der Waals surface area contributed by atoms with Crippen molar-refractivity contribution < 1.29 is 52.4 Å². The van der Waals surface area contributed by atoms with Gasteiger partial charge in [0.1, 0.15) is 6.10 Å². The van der Waals surface area contributed by atoms with Crippen LogP contribution < -0.4 is 19.5 Å². The third kappa shape index (κ3) is 4.22. The van der Waals surface area contributed by atoms with E-state index in [1.54, 1.807) is 6.07 Å². The summed E-state index contributed by atoms with van der Waals surface area (Å²) in [5.74, 6) is -3.58. The van der Waals surface area contributed by atoms with E-state index in [-0.39, 0.29) is 36.0 Å². The molecular weight excluding hydrogens is 454 g/mol. The molecule has 0 saturated heterocycles. The van der Waals surface area contributed by atoms with Crippen LogP contribution in [0.2, 0.25) is 0 Å². The second-order valence-corrected chi connectivity index (χ2v) is 8.13. The molecule has 12 heteroatoms. The molecule has 1 amide bonds. The monoisotopic (exact) mass is 477 g/mol. The summed E-state index contributed by atoms with van der Waals surface area (Å²) in [6.07, 6.45) is -3.20. The Morgan fingerprint density at radius 1 is 0.912 bits per heavy atom. The molecule has 12 nitrogen and oxygen atoms in total. The Morgan fingerprint density at radius 2 is 1.56 bits per heavy atom. The molecule has 2 aliphatic heterocycles. The Balaban J connectivity index is 1.86. The van der Waals surface area contributed by atoms with Crippen LogP contribution in [0.25, 0.3) is 0 Å². The first-order valence-electron chi connectivity index (χ1n) is 10.5. The number of hydrogen-bond donors (Lipinski definition) is 1. The third-order valence-electron chi connectivity index (χ3n) is 5.71. The highest BCUT2D eigenvalue weighted by Gasteiger charge is 2.54. The van der Waals surface area contributed by atoms with Crippen molar-refractivity contribution in [3.63, 3.8) is 0 Å². The number of rotatable bonds is 4. The highest BCUT2D eigenvalue weighted by Crippen LogP contribution is 2.51. The quantitative estimate of drug-likeness (QED) is 0.371. The van der Waals surface area contributed by atoms with Gasteiger partial charge >= 0.3 is 23.9 Å². The first-order chi connectivity index (χ1) is 16.1. The smallest absolute Gasteiger partial charge is 0.308 e. The fraction of sp³-hybridized carbons (Fsp3) is 0.500. The second-order valence-electron chi connectivity index (χ2n) is 8.13.